The number of likely N-dealkylation sites (tertiary alicyclic amines) is 1. The summed E-state index contributed by atoms with van der Waals surface area (Å²) in [6.45, 7) is 1.05. The van der Waals surface area contributed by atoms with Crippen LogP contribution in [0.4, 0.5) is 10.1 Å². The monoisotopic (exact) mass is 292 g/mol. The number of halogens is 1. The first-order valence-electron chi connectivity index (χ1n) is 7.57. The molecule has 1 aromatic rings. The molecule has 3 rings (SSSR count). The highest BCUT2D eigenvalue weighted by Crippen LogP contribution is 2.35. The summed E-state index contributed by atoms with van der Waals surface area (Å²) in [4.78, 5) is 2.37. The predicted octanol–water partition coefficient (Wildman–Crippen LogP) is 4.18. The number of hydrogen-bond acceptors (Lipinski definition) is 1. The van der Waals surface area contributed by atoms with Crippen molar-refractivity contribution in [1.29, 1.82) is 0 Å². The number of rotatable bonds is 1. The van der Waals surface area contributed by atoms with Crippen LogP contribution >= 0.6 is 12.2 Å². The molecule has 0 spiro atoms. The van der Waals surface area contributed by atoms with Gasteiger partial charge in [-0.3, -0.25) is 0 Å². The van der Waals surface area contributed by atoms with Gasteiger partial charge in [-0.05, 0) is 68.1 Å². The Hall–Kier alpha value is -1.16. The van der Waals surface area contributed by atoms with Gasteiger partial charge in [-0.25, -0.2) is 4.39 Å². The Kier molecular flexibility index (Phi) is 4.20. The van der Waals surface area contributed by atoms with Crippen molar-refractivity contribution < 1.29 is 4.39 Å². The molecular formula is C16H21FN2S. The molecule has 0 unspecified atom stereocenters. The van der Waals surface area contributed by atoms with Crippen molar-refractivity contribution in [3.05, 3.63) is 30.1 Å². The molecule has 20 heavy (non-hydrogen) atoms. The van der Waals surface area contributed by atoms with Crippen molar-refractivity contribution in [2.24, 2.45) is 5.92 Å². The molecule has 1 saturated heterocycles. The molecule has 0 aromatic heterocycles. The molecule has 2 atom stereocenters. The summed E-state index contributed by atoms with van der Waals surface area (Å²) in [7, 11) is 0. The van der Waals surface area contributed by atoms with Crippen LogP contribution in [0.15, 0.2) is 24.3 Å². The van der Waals surface area contributed by atoms with Crippen LogP contribution in [0.2, 0.25) is 0 Å². The van der Waals surface area contributed by atoms with Gasteiger partial charge in [0.25, 0.3) is 0 Å². The van der Waals surface area contributed by atoms with Gasteiger partial charge in [0.05, 0.1) is 0 Å². The normalized spacial score (nSPS) is 25.9. The van der Waals surface area contributed by atoms with Crippen LogP contribution in [0.25, 0.3) is 0 Å². The Morgan fingerprint density at radius 3 is 2.60 bits per heavy atom. The summed E-state index contributed by atoms with van der Waals surface area (Å²) in [6.07, 6.45) is 7.87. The van der Waals surface area contributed by atoms with Gasteiger partial charge in [-0.2, -0.15) is 0 Å². The van der Waals surface area contributed by atoms with Crippen molar-refractivity contribution in [3.8, 4) is 0 Å². The zero-order chi connectivity index (χ0) is 13.9. The fourth-order valence-corrected chi connectivity index (χ4v) is 3.95. The summed E-state index contributed by atoms with van der Waals surface area (Å²) in [6, 6.07) is 7.01. The second-order valence-electron chi connectivity index (χ2n) is 5.88. The number of nitrogens with zero attached hydrogens (tertiary/aromatic N) is 1. The first kappa shape index (κ1) is 13.8. The van der Waals surface area contributed by atoms with Crippen LogP contribution in [0.3, 0.4) is 0 Å². The molecule has 4 heteroatoms. The minimum atomic E-state index is -0.216. The maximum Gasteiger partial charge on any atom is 0.173 e. The molecule has 2 fully saturated rings. The van der Waals surface area contributed by atoms with E-state index in [2.05, 4.69) is 10.2 Å². The topological polar surface area (TPSA) is 15.3 Å². The molecule has 1 N–H and O–H groups in total. The molecular weight excluding hydrogens is 271 g/mol. The summed E-state index contributed by atoms with van der Waals surface area (Å²) in [5.74, 6) is 0.595. The summed E-state index contributed by atoms with van der Waals surface area (Å²) < 4.78 is 12.9. The Labute approximate surface area is 125 Å². The quantitative estimate of drug-likeness (QED) is 0.782. The SMILES string of the molecule is Fc1ccc(NC(=S)N2CCC[C@H]3CCCC[C@@H]32)cc1. The van der Waals surface area contributed by atoms with E-state index >= 15 is 0 Å². The van der Waals surface area contributed by atoms with E-state index in [1.165, 1.54) is 50.7 Å². The third kappa shape index (κ3) is 2.95. The number of piperidine rings is 1. The minimum absolute atomic E-state index is 0.216. The van der Waals surface area contributed by atoms with Gasteiger partial charge in [0, 0.05) is 18.3 Å². The lowest BCUT2D eigenvalue weighted by Crippen LogP contribution is -2.51. The van der Waals surface area contributed by atoms with E-state index in [4.69, 9.17) is 12.2 Å². The predicted molar refractivity (Wildman–Crippen MR) is 84.3 cm³/mol. The van der Waals surface area contributed by atoms with Crippen LogP contribution in [0, 0.1) is 11.7 Å². The van der Waals surface area contributed by atoms with Gasteiger partial charge < -0.3 is 10.2 Å². The number of anilines is 1. The molecule has 1 heterocycles. The molecule has 1 aliphatic heterocycles. The number of hydrogen-bond donors (Lipinski definition) is 1. The third-order valence-corrected chi connectivity index (χ3v) is 4.94. The number of thiocarbonyl (C=S) groups is 1. The van der Waals surface area contributed by atoms with Crippen LogP contribution < -0.4 is 5.32 Å². The van der Waals surface area contributed by atoms with Crippen molar-refractivity contribution in [1.82, 2.24) is 4.90 Å². The van der Waals surface area contributed by atoms with Gasteiger partial charge in [0.15, 0.2) is 5.11 Å². The first-order valence-corrected chi connectivity index (χ1v) is 7.98. The second-order valence-corrected chi connectivity index (χ2v) is 6.27. The van der Waals surface area contributed by atoms with Crippen LogP contribution in [-0.2, 0) is 0 Å². The standard InChI is InChI=1S/C16H21FN2S/c17-13-7-9-14(10-8-13)18-16(20)19-11-3-5-12-4-1-2-6-15(12)19/h7-10,12,15H,1-6,11H2,(H,18,20)/t12-,15+/m1/s1. The maximum absolute atomic E-state index is 12.9. The van der Waals surface area contributed by atoms with Gasteiger partial charge in [-0.1, -0.05) is 12.8 Å². The van der Waals surface area contributed by atoms with Crippen molar-refractivity contribution in [2.45, 2.75) is 44.6 Å². The van der Waals surface area contributed by atoms with Crippen LogP contribution in [-0.4, -0.2) is 22.6 Å². The fourth-order valence-electron chi connectivity index (χ4n) is 3.61. The van der Waals surface area contributed by atoms with E-state index in [-0.39, 0.29) is 5.82 Å². The smallest absolute Gasteiger partial charge is 0.173 e. The van der Waals surface area contributed by atoms with Gasteiger partial charge in [-0.15, -0.1) is 0 Å². The van der Waals surface area contributed by atoms with Crippen molar-refractivity contribution in [3.63, 3.8) is 0 Å². The highest BCUT2D eigenvalue weighted by molar-refractivity contribution is 7.80. The molecule has 0 radical (unpaired) electrons. The minimum Gasteiger partial charge on any atom is -0.346 e. The average molecular weight is 292 g/mol. The van der Waals surface area contributed by atoms with Crippen LogP contribution in [0.1, 0.15) is 38.5 Å². The lowest BCUT2D eigenvalue weighted by atomic mass is 9.78. The number of fused-ring (bicyclic) bond motifs is 1. The van der Waals surface area contributed by atoms with E-state index in [1.807, 2.05) is 0 Å². The molecule has 108 valence electrons. The van der Waals surface area contributed by atoms with Gasteiger partial charge >= 0.3 is 0 Å². The van der Waals surface area contributed by atoms with E-state index in [1.54, 1.807) is 12.1 Å². The molecule has 2 aliphatic rings. The Morgan fingerprint density at radius 1 is 1.10 bits per heavy atom. The molecule has 0 bridgehead atoms. The number of benzene rings is 1. The molecule has 1 aromatic carbocycles. The summed E-state index contributed by atoms with van der Waals surface area (Å²) in [5, 5.41) is 4.06. The van der Waals surface area contributed by atoms with Crippen molar-refractivity contribution in [2.75, 3.05) is 11.9 Å². The zero-order valence-electron chi connectivity index (χ0n) is 11.6. The van der Waals surface area contributed by atoms with Crippen molar-refractivity contribution >= 4 is 23.0 Å². The number of nitrogens with one attached hydrogen (secondary N) is 1. The third-order valence-electron chi connectivity index (χ3n) is 4.60. The highest BCUT2D eigenvalue weighted by Gasteiger charge is 2.34. The lowest BCUT2D eigenvalue weighted by Gasteiger charge is -2.45. The molecule has 2 nitrogen and oxygen atoms in total. The summed E-state index contributed by atoms with van der Waals surface area (Å²) >= 11 is 5.58. The fraction of sp³-hybridized carbons (Fsp3) is 0.562. The van der Waals surface area contributed by atoms with E-state index in [0.29, 0.717) is 6.04 Å². The average Bonchev–Trinajstić information content (AvgIpc) is 2.49. The Morgan fingerprint density at radius 2 is 1.80 bits per heavy atom. The first-order chi connectivity index (χ1) is 9.74. The van der Waals surface area contributed by atoms with E-state index in [9.17, 15) is 4.39 Å². The molecule has 1 aliphatic carbocycles. The van der Waals surface area contributed by atoms with Crippen LogP contribution in [0.5, 0.6) is 0 Å². The largest absolute Gasteiger partial charge is 0.346 e. The second kappa shape index (κ2) is 6.08. The zero-order valence-corrected chi connectivity index (χ0v) is 12.5. The van der Waals surface area contributed by atoms with Gasteiger partial charge in [0.2, 0.25) is 0 Å². The lowest BCUT2D eigenvalue weighted by molar-refractivity contribution is 0.121. The van der Waals surface area contributed by atoms with Gasteiger partial charge in [0.1, 0.15) is 5.82 Å². The maximum atomic E-state index is 12.9. The summed E-state index contributed by atoms with van der Waals surface area (Å²) in [5.41, 5.74) is 0.870. The Balaban J connectivity index is 1.67. The van der Waals surface area contributed by atoms with E-state index in [0.717, 1.165) is 23.3 Å². The highest BCUT2D eigenvalue weighted by atomic mass is 32.1. The molecule has 0 amide bonds. The molecule has 1 saturated carbocycles. The Bertz CT molecular complexity index is 472. The van der Waals surface area contributed by atoms with E-state index < -0.39 is 0 Å².